The summed E-state index contributed by atoms with van der Waals surface area (Å²) in [7, 11) is 0. The maximum Gasteiger partial charge on any atom is 0.387 e. The van der Waals surface area contributed by atoms with Crippen LogP contribution in [0, 0.1) is 0 Å². The van der Waals surface area contributed by atoms with Gasteiger partial charge in [-0.1, -0.05) is 12.1 Å². The largest absolute Gasteiger partial charge is 0.433 e. The minimum absolute atomic E-state index is 0.0549. The number of para-hydroxylation sites is 2. The molecule has 2 N–H and O–H groups in total. The van der Waals surface area contributed by atoms with Crippen LogP contribution in [0.15, 0.2) is 24.3 Å². The van der Waals surface area contributed by atoms with E-state index in [0.29, 0.717) is 38.8 Å². The number of carbonyl (C=O) groups is 2. The number of hydrogen-bond donors (Lipinski definition) is 2. The van der Waals surface area contributed by atoms with E-state index in [1.54, 1.807) is 12.1 Å². The molecule has 148 valence electrons. The second-order valence-corrected chi connectivity index (χ2v) is 6.82. The number of carbonyl (C=O) groups excluding carboxylic acids is 2. The number of nitrogens with zero attached hydrogens (tertiary/aromatic N) is 2. The molecule has 1 saturated heterocycles. The van der Waals surface area contributed by atoms with Gasteiger partial charge in [0.05, 0.1) is 18.8 Å². The number of ether oxygens (including phenoxy) is 1. The van der Waals surface area contributed by atoms with E-state index in [2.05, 4.69) is 20.3 Å². The third kappa shape index (κ3) is 6.44. The SMILES string of the molecule is O=C(CN1CCN(CC(=O)NC2CC2)CC1)Nc1ccccc1OC(F)F. The summed E-state index contributed by atoms with van der Waals surface area (Å²) in [6.45, 7) is 0.333. The second-order valence-electron chi connectivity index (χ2n) is 6.82. The van der Waals surface area contributed by atoms with Crippen LogP contribution in [0.25, 0.3) is 0 Å². The van der Waals surface area contributed by atoms with Gasteiger partial charge in [-0.25, -0.2) is 0 Å². The molecule has 1 aliphatic carbocycles. The highest BCUT2D eigenvalue weighted by atomic mass is 19.3. The van der Waals surface area contributed by atoms with Gasteiger partial charge in [0.1, 0.15) is 5.75 Å². The zero-order chi connectivity index (χ0) is 19.2. The number of anilines is 1. The van der Waals surface area contributed by atoms with Crippen LogP contribution in [0.2, 0.25) is 0 Å². The molecule has 2 aliphatic rings. The van der Waals surface area contributed by atoms with Crippen molar-refractivity contribution in [2.45, 2.75) is 25.5 Å². The number of rotatable bonds is 8. The quantitative estimate of drug-likeness (QED) is 0.705. The summed E-state index contributed by atoms with van der Waals surface area (Å²) >= 11 is 0. The Morgan fingerprint density at radius 2 is 1.63 bits per heavy atom. The second kappa shape index (κ2) is 9.09. The highest BCUT2D eigenvalue weighted by Crippen LogP contribution is 2.25. The molecule has 1 aromatic carbocycles. The average molecular weight is 382 g/mol. The Bertz CT molecular complexity index is 662. The van der Waals surface area contributed by atoms with Crippen LogP contribution in [0.3, 0.4) is 0 Å². The zero-order valence-electron chi connectivity index (χ0n) is 15.0. The third-order valence-corrected chi connectivity index (χ3v) is 4.52. The van der Waals surface area contributed by atoms with Gasteiger partial charge in [0.15, 0.2) is 0 Å². The van der Waals surface area contributed by atoms with E-state index in [0.717, 1.165) is 12.8 Å². The smallest absolute Gasteiger partial charge is 0.387 e. The van der Waals surface area contributed by atoms with Crippen LogP contribution in [0.4, 0.5) is 14.5 Å². The number of piperazine rings is 1. The minimum atomic E-state index is -2.95. The van der Waals surface area contributed by atoms with Gasteiger partial charge in [-0.05, 0) is 25.0 Å². The molecule has 7 nitrogen and oxygen atoms in total. The van der Waals surface area contributed by atoms with Crippen LogP contribution in [0.1, 0.15) is 12.8 Å². The Labute approximate surface area is 156 Å². The molecule has 0 spiro atoms. The molecular weight excluding hydrogens is 358 g/mol. The molecule has 9 heteroatoms. The predicted octanol–water partition coefficient (Wildman–Crippen LogP) is 1.12. The Morgan fingerprint density at radius 1 is 1.04 bits per heavy atom. The lowest BCUT2D eigenvalue weighted by molar-refractivity contribution is -0.123. The van der Waals surface area contributed by atoms with Gasteiger partial charge >= 0.3 is 6.61 Å². The molecule has 0 unspecified atom stereocenters. The standard InChI is InChI=1S/C18H24F2N4O3/c19-18(20)27-15-4-2-1-3-14(15)22-17(26)12-24-9-7-23(8-10-24)11-16(25)21-13-5-6-13/h1-4,13,18H,5-12H2,(H,21,25)(H,22,26). The molecule has 1 aromatic rings. The normalized spacial score (nSPS) is 18.3. The van der Waals surface area contributed by atoms with E-state index in [4.69, 9.17) is 0 Å². The molecule has 0 bridgehead atoms. The van der Waals surface area contributed by atoms with Crippen LogP contribution in [-0.4, -0.2) is 73.5 Å². The lowest BCUT2D eigenvalue weighted by Crippen LogP contribution is -2.51. The van der Waals surface area contributed by atoms with Crippen molar-refractivity contribution in [2.75, 3.05) is 44.6 Å². The van der Waals surface area contributed by atoms with Crippen LogP contribution >= 0.6 is 0 Å². The van der Waals surface area contributed by atoms with E-state index in [-0.39, 0.29) is 29.8 Å². The van der Waals surface area contributed by atoms with Crippen molar-refractivity contribution in [1.29, 1.82) is 0 Å². The number of benzene rings is 1. The minimum Gasteiger partial charge on any atom is -0.433 e. The summed E-state index contributed by atoms with van der Waals surface area (Å²) < 4.78 is 29.3. The van der Waals surface area contributed by atoms with E-state index >= 15 is 0 Å². The lowest BCUT2D eigenvalue weighted by Gasteiger charge is -2.33. The number of alkyl halides is 2. The Morgan fingerprint density at radius 3 is 2.22 bits per heavy atom. The summed E-state index contributed by atoms with van der Waals surface area (Å²) in [4.78, 5) is 28.1. The molecule has 1 saturated carbocycles. The van der Waals surface area contributed by atoms with Gasteiger partial charge in [-0.15, -0.1) is 0 Å². The Kier molecular flexibility index (Phi) is 6.57. The number of hydrogen-bond acceptors (Lipinski definition) is 5. The first kappa shape index (κ1) is 19.5. The van der Waals surface area contributed by atoms with Gasteiger partial charge in [0, 0.05) is 32.2 Å². The monoisotopic (exact) mass is 382 g/mol. The van der Waals surface area contributed by atoms with Gasteiger partial charge in [-0.2, -0.15) is 8.78 Å². The highest BCUT2D eigenvalue weighted by Gasteiger charge is 2.25. The number of amides is 2. The fourth-order valence-corrected chi connectivity index (χ4v) is 2.97. The van der Waals surface area contributed by atoms with Gasteiger partial charge in [0.25, 0.3) is 0 Å². The first-order chi connectivity index (χ1) is 13.0. The van der Waals surface area contributed by atoms with E-state index in [9.17, 15) is 18.4 Å². The molecule has 27 heavy (non-hydrogen) atoms. The Hall–Kier alpha value is -2.26. The summed E-state index contributed by atoms with van der Waals surface area (Å²) in [5.41, 5.74) is 0.221. The van der Waals surface area contributed by atoms with Crippen molar-refractivity contribution in [3.8, 4) is 5.75 Å². The molecule has 2 amide bonds. The van der Waals surface area contributed by atoms with Crippen molar-refractivity contribution < 1.29 is 23.1 Å². The molecule has 1 heterocycles. The third-order valence-electron chi connectivity index (χ3n) is 4.52. The topological polar surface area (TPSA) is 73.9 Å². The Balaban J connectivity index is 1.41. The van der Waals surface area contributed by atoms with Gasteiger partial charge < -0.3 is 15.4 Å². The van der Waals surface area contributed by atoms with Crippen molar-refractivity contribution in [2.24, 2.45) is 0 Å². The van der Waals surface area contributed by atoms with Crippen molar-refractivity contribution >= 4 is 17.5 Å². The predicted molar refractivity (Wildman–Crippen MR) is 95.7 cm³/mol. The molecule has 1 aliphatic heterocycles. The van der Waals surface area contributed by atoms with E-state index < -0.39 is 6.61 Å². The molecular formula is C18H24F2N4O3. The average Bonchev–Trinajstić information content (AvgIpc) is 3.42. The van der Waals surface area contributed by atoms with E-state index in [1.165, 1.54) is 12.1 Å². The first-order valence-corrected chi connectivity index (χ1v) is 9.07. The summed E-state index contributed by atoms with van der Waals surface area (Å²) in [6.07, 6.45) is 2.14. The lowest BCUT2D eigenvalue weighted by atomic mass is 10.2. The van der Waals surface area contributed by atoms with Crippen LogP contribution in [0.5, 0.6) is 5.75 Å². The maximum atomic E-state index is 12.4. The highest BCUT2D eigenvalue weighted by molar-refractivity contribution is 5.93. The van der Waals surface area contributed by atoms with Crippen molar-refractivity contribution in [3.63, 3.8) is 0 Å². The van der Waals surface area contributed by atoms with Crippen LogP contribution in [-0.2, 0) is 9.59 Å². The van der Waals surface area contributed by atoms with Crippen molar-refractivity contribution in [3.05, 3.63) is 24.3 Å². The number of nitrogens with one attached hydrogen (secondary N) is 2. The van der Waals surface area contributed by atoms with E-state index in [1.807, 2.05) is 4.90 Å². The summed E-state index contributed by atoms with van der Waals surface area (Å²) in [5, 5.41) is 5.59. The summed E-state index contributed by atoms with van der Waals surface area (Å²) in [5.74, 6) is -0.299. The summed E-state index contributed by atoms with van der Waals surface area (Å²) in [6, 6.07) is 6.46. The molecule has 3 rings (SSSR count). The van der Waals surface area contributed by atoms with Crippen molar-refractivity contribution in [1.82, 2.24) is 15.1 Å². The van der Waals surface area contributed by atoms with Gasteiger partial charge in [-0.3, -0.25) is 19.4 Å². The molecule has 0 aromatic heterocycles. The molecule has 0 atom stereocenters. The first-order valence-electron chi connectivity index (χ1n) is 9.07. The zero-order valence-corrected chi connectivity index (χ0v) is 15.0. The maximum absolute atomic E-state index is 12.4. The van der Waals surface area contributed by atoms with Crippen LogP contribution < -0.4 is 15.4 Å². The fourth-order valence-electron chi connectivity index (χ4n) is 2.97. The fraction of sp³-hybridized carbons (Fsp3) is 0.556. The molecule has 0 radical (unpaired) electrons. The number of halogens is 2. The molecule has 2 fully saturated rings. The van der Waals surface area contributed by atoms with Gasteiger partial charge in [0.2, 0.25) is 11.8 Å².